The van der Waals surface area contributed by atoms with E-state index in [-0.39, 0.29) is 5.91 Å². The fourth-order valence-corrected chi connectivity index (χ4v) is 1.71. The molecule has 0 spiro atoms. The first-order chi connectivity index (χ1) is 10.0. The smallest absolute Gasteiger partial charge is 0.255 e. The number of hydrogen-bond donors (Lipinski definition) is 1. The molecule has 0 fully saturated rings. The van der Waals surface area contributed by atoms with Crippen LogP contribution in [0.2, 0.25) is 0 Å². The quantitative estimate of drug-likeness (QED) is 0.899. The monoisotopic (exact) mass is 284 g/mol. The van der Waals surface area contributed by atoms with Crippen molar-refractivity contribution < 1.29 is 19.4 Å². The lowest BCUT2D eigenvalue weighted by Crippen LogP contribution is -2.28. The van der Waals surface area contributed by atoms with Gasteiger partial charge in [0.2, 0.25) is 0 Å². The van der Waals surface area contributed by atoms with Gasteiger partial charge in [-0.1, -0.05) is 23.8 Å². The largest absolute Gasteiger partial charge is 0.546 e. The number of carboxylic acids is 1. The van der Waals surface area contributed by atoms with Crippen LogP contribution in [0.25, 0.3) is 0 Å². The van der Waals surface area contributed by atoms with Crippen molar-refractivity contribution in [2.75, 3.05) is 11.9 Å². The van der Waals surface area contributed by atoms with E-state index in [1.165, 1.54) is 0 Å². The van der Waals surface area contributed by atoms with Crippen molar-refractivity contribution in [3.05, 3.63) is 59.7 Å². The second-order valence-corrected chi connectivity index (χ2v) is 4.51. The Labute approximate surface area is 122 Å². The molecule has 0 heterocycles. The highest BCUT2D eigenvalue weighted by Gasteiger charge is 2.06. The topological polar surface area (TPSA) is 78.5 Å². The lowest BCUT2D eigenvalue weighted by atomic mass is 10.1. The molecule has 5 heteroatoms. The minimum Gasteiger partial charge on any atom is -0.546 e. The van der Waals surface area contributed by atoms with Crippen molar-refractivity contribution >= 4 is 17.6 Å². The predicted molar refractivity (Wildman–Crippen MR) is 76.1 cm³/mol. The van der Waals surface area contributed by atoms with Crippen molar-refractivity contribution in [3.8, 4) is 5.75 Å². The van der Waals surface area contributed by atoms with Crippen molar-refractivity contribution in [2.24, 2.45) is 0 Å². The summed E-state index contributed by atoms with van der Waals surface area (Å²) < 4.78 is 5.00. The number of rotatable bonds is 5. The third-order valence-corrected chi connectivity index (χ3v) is 2.76. The molecule has 2 rings (SSSR count). The maximum atomic E-state index is 12.0. The summed E-state index contributed by atoms with van der Waals surface area (Å²) in [6.45, 7) is 1.41. The second-order valence-electron chi connectivity index (χ2n) is 4.51. The minimum absolute atomic E-state index is 0.243. The molecule has 1 N–H and O–H groups in total. The summed E-state index contributed by atoms with van der Waals surface area (Å²) in [6.07, 6.45) is 0. The number of carbonyl (C=O) groups excluding carboxylic acids is 2. The molecule has 2 aromatic carbocycles. The summed E-state index contributed by atoms with van der Waals surface area (Å²) in [5.41, 5.74) is 2.14. The van der Waals surface area contributed by atoms with E-state index < -0.39 is 12.6 Å². The standard InChI is InChI=1S/C16H15NO4/c1-11-5-7-12(8-6-11)16(20)17-13-3-2-4-14(9-13)21-10-15(18)19/h2-9H,10H2,1H3,(H,17,20)(H,18,19)/p-1. The summed E-state index contributed by atoms with van der Waals surface area (Å²) in [5.74, 6) is -1.20. The summed E-state index contributed by atoms with van der Waals surface area (Å²) in [4.78, 5) is 22.4. The molecule has 0 aliphatic rings. The predicted octanol–water partition coefficient (Wildman–Crippen LogP) is 1.38. The highest BCUT2D eigenvalue weighted by Crippen LogP contribution is 2.18. The molecule has 2 aromatic rings. The highest BCUT2D eigenvalue weighted by molar-refractivity contribution is 6.04. The molecule has 0 aliphatic heterocycles. The van der Waals surface area contributed by atoms with Crippen molar-refractivity contribution in [1.82, 2.24) is 0 Å². The van der Waals surface area contributed by atoms with Crippen LogP contribution in [0.1, 0.15) is 15.9 Å². The number of aliphatic carboxylic acids is 1. The van der Waals surface area contributed by atoms with E-state index in [0.29, 0.717) is 17.0 Å². The van der Waals surface area contributed by atoms with Crippen molar-refractivity contribution in [1.29, 1.82) is 0 Å². The number of amides is 1. The van der Waals surface area contributed by atoms with Gasteiger partial charge in [-0.05, 0) is 31.2 Å². The third kappa shape index (κ3) is 4.35. The molecule has 0 aromatic heterocycles. The van der Waals surface area contributed by atoms with Crippen LogP contribution in [0.15, 0.2) is 48.5 Å². The third-order valence-electron chi connectivity index (χ3n) is 2.76. The van der Waals surface area contributed by atoms with Gasteiger partial charge in [-0.25, -0.2) is 0 Å². The molecular weight excluding hydrogens is 270 g/mol. The normalized spacial score (nSPS) is 9.95. The second kappa shape index (κ2) is 6.56. The number of carboxylic acid groups (broad SMARTS) is 1. The molecule has 0 saturated carbocycles. The molecular formula is C16H14NO4-. The van der Waals surface area contributed by atoms with Crippen molar-refractivity contribution in [3.63, 3.8) is 0 Å². The number of carbonyl (C=O) groups is 2. The zero-order valence-corrected chi connectivity index (χ0v) is 11.5. The lowest BCUT2D eigenvalue weighted by molar-refractivity contribution is -0.307. The first-order valence-corrected chi connectivity index (χ1v) is 6.35. The average Bonchev–Trinajstić information content (AvgIpc) is 2.46. The van der Waals surface area contributed by atoms with Crippen LogP contribution < -0.4 is 15.2 Å². The van der Waals surface area contributed by atoms with E-state index in [1.54, 1.807) is 36.4 Å². The number of hydrogen-bond acceptors (Lipinski definition) is 4. The Morgan fingerprint density at radius 2 is 1.86 bits per heavy atom. The molecule has 21 heavy (non-hydrogen) atoms. The summed E-state index contributed by atoms with van der Waals surface area (Å²) in [7, 11) is 0. The van der Waals surface area contributed by atoms with Crippen LogP contribution in [0.5, 0.6) is 5.75 Å². The van der Waals surface area contributed by atoms with E-state index in [9.17, 15) is 14.7 Å². The summed E-state index contributed by atoms with van der Waals surface area (Å²) in [6, 6.07) is 13.7. The van der Waals surface area contributed by atoms with Crippen LogP contribution in [-0.4, -0.2) is 18.5 Å². The van der Waals surface area contributed by atoms with E-state index >= 15 is 0 Å². The van der Waals surface area contributed by atoms with Gasteiger partial charge in [0.1, 0.15) is 12.4 Å². The van der Waals surface area contributed by atoms with Gasteiger partial charge in [0.05, 0.1) is 5.97 Å². The van der Waals surface area contributed by atoms with Gasteiger partial charge in [-0.15, -0.1) is 0 Å². The Morgan fingerprint density at radius 3 is 2.52 bits per heavy atom. The SMILES string of the molecule is Cc1ccc(C(=O)Nc2cccc(OCC(=O)[O-])c2)cc1. The van der Waals surface area contributed by atoms with Crippen LogP contribution in [0, 0.1) is 6.92 Å². The maximum Gasteiger partial charge on any atom is 0.255 e. The molecule has 108 valence electrons. The molecule has 1 amide bonds. The zero-order valence-electron chi connectivity index (χ0n) is 11.5. The van der Waals surface area contributed by atoms with Crippen molar-refractivity contribution in [2.45, 2.75) is 6.92 Å². The molecule has 0 saturated heterocycles. The van der Waals surface area contributed by atoms with Crippen LogP contribution >= 0.6 is 0 Å². The minimum atomic E-state index is -1.30. The first-order valence-electron chi connectivity index (χ1n) is 6.35. The molecule has 5 nitrogen and oxygen atoms in total. The van der Waals surface area contributed by atoms with Gasteiger partial charge in [-0.3, -0.25) is 4.79 Å². The summed E-state index contributed by atoms with van der Waals surface area (Å²) >= 11 is 0. The Hall–Kier alpha value is -2.82. The Morgan fingerprint density at radius 1 is 1.14 bits per heavy atom. The van der Waals surface area contributed by atoms with E-state index in [4.69, 9.17) is 4.74 Å². The fraction of sp³-hybridized carbons (Fsp3) is 0.125. The Kier molecular flexibility index (Phi) is 4.56. The van der Waals surface area contributed by atoms with Crippen LogP contribution in [-0.2, 0) is 4.79 Å². The Balaban J connectivity index is 2.05. The van der Waals surface area contributed by atoms with Crippen LogP contribution in [0.3, 0.4) is 0 Å². The van der Waals surface area contributed by atoms with Crippen LogP contribution in [0.4, 0.5) is 5.69 Å². The fourth-order valence-electron chi connectivity index (χ4n) is 1.71. The molecule has 0 unspecified atom stereocenters. The molecule has 0 bridgehead atoms. The van der Waals surface area contributed by atoms with Gasteiger partial charge in [0.25, 0.3) is 5.91 Å². The zero-order chi connectivity index (χ0) is 15.2. The highest BCUT2D eigenvalue weighted by atomic mass is 16.5. The van der Waals surface area contributed by atoms with Gasteiger partial charge in [-0.2, -0.15) is 0 Å². The molecule has 0 atom stereocenters. The first kappa shape index (κ1) is 14.6. The number of nitrogens with one attached hydrogen (secondary N) is 1. The molecule has 0 aliphatic carbocycles. The van der Waals surface area contributed by atoms with Gasteiger partial charge in [0, 0.05) is 17.3 Å². The van der Waals surface area contributed by atoms with Gasteiger partial charge in [0.15, 0.2) is 0 Å². The number of anilines is 1. The number of aryl methyl sites for hydroxylation is 1. The number of ether oxygens (including phenoxy) is 1. The van der Waals surface area contributed by atoms with E-state index in [0.717, 1.165) is 5.56 Å². The van der Waals surface area contributed by atoms with Gasteiger partial charge < -0.3 is 20.0 Å². The van der Waals surface area contributed by atoms with E-state index in [1.807, 2.05) is 19.1 Å². The Bertz CT molecular complexity index is 650. The average molecular weight is 284 g/mol. The summed E-state index contributed by atoms with van der Waals surface area (Å²) in [5, 5.41) is 13.1. The van der Waals surface area contributed by atoms with Gasteiger partial charge >= 0.3 is 0 Å². The lowest BCUT2D eigenvalue weighted by Gasteiger charge is -2.09. The number of benzene rings is 2. The van der Waals surface area contributed by atoms with E-state index in [2.05, 4.69) is 5.32 Å². The molecule has 0 radical (unpaired) electrons. The maximum absolute atomic E-state index is 12.0.